The van der Waals surface area contributed by atoms with E-state index in [0.717, 1.165) is 16.8 Å². The summed E-state index contributed by atoms with van der Waals surface area (Å²) in [6.07, 6.45) is 1.71. The van der Waals surface area contributed by atoms with Crippen molar-refractivity contribution in [3.05, 3.63) is 52.8 Å². The van der Waals surface area contributed by atoms with E-state index in [9.17, 15) is 0 Å². The quantitative estimate of drug-likeness (QED) is 0.483. The Bertz CT molecular complexity index is 1020. The largest absolute Gasteiger partial charge is 0.493 e. The van der Waals surface area contributed by atoms with Crippen molar-refractivity contribution in [3.8, 4) is 22.9 Å². The molecule has 0 aliphatic heterocycles. The Balaban J connectivity index is 1.91. The molecule has 0 aliphatic carbocycles. The Hall–Kier alpha value is -3.13. The monoisotopic (exact) mass is 397 g/mol. The number of hydrogen-bond acceptors (Lipinski definition) is 6. The summed E-state index contributed by atoms with van der Waals surface area (Å²) in [4.78, 5) is 2.04. The van der Waals surface area contributed by atoms with Gasteiger partial charge in [0.25, 0.3) is 0 Å². The fourth-order valence-corrected chi connectivity index (χ4v) is 2.84. The van der Waals surface area contributed by atoms with E-state index < -0.39 is 0 Å². The second-order valence-corrected chi connectivity index (χ2v) is 6.58. The zero-order valence-electron chi connectivity index (χ0n) is 16.3. The lowest BCUT2D eigenvalue weighted by Gasteiger charge is -2.12. The number of benzene rings is 2. The number of anilines is 1. The smallest absolute Gasteiger partial charge is 0.216 e. The molecule has 0 amide bonds. The fourth-order valence-electron chi connectivity index (χ4n) is 2.66. The standard InChI is InChI=1S/C20H23N5O2S/c1-5-27-17-11-6-14(12-18(17)26-4)13-21-25-19(22-23-20(25)28)15-7-9-16(10-8-15)24(2)3/h6-13H,5H2,1-4H3,(H,23,28). The van der Waals surface area contributed by atoms with Crippen molar-refractivity contribution in [1.29, 1.82) is 0 Å². The van der Waals surface area contributed by atoms with E-state index in [1.807, 2.05) is 68.4 Å². The summed E-state index contributed by atoms with van der Waals surface area (Å²) in [6.45, 7) is 2.51. The third-order valence-corrected chi connectivity index (χ3v) is 4.37. The second kappa shape index (κ2) is 8.71. The molecule has 1 N–H and O–H groups in total. The van der Waals surface area contributed by atoms with Crippen molar-refractivity contribution in [1.82, 2.24) is 14.9 Å². The van der Waals surface area contributed by atoms with Crippen LogP contribution in [0.4, 0.5) is 5.69 Å². The predicted molar refractivity (Wildman–Crippen MR) is 114 cm³/mol. The Morgan fingerprint density at radius 3 is 2.57 bits per heavy atom. The highest BCUT2D eigenvalue weighted by atomic mass is 32.1. The molecule has 3 aromatic rings. The summed E-state index contributed by atoms with van der Waals surface area (Å²) in [5, 5.41) is 11.6. The molecule has 2 aromatic carbocycles. The lowest BCUT2D eigenvalue weighted by molar-refractivity contribution is 0.311. The first kappa shape index (κ1) is 19.6. The van der Waals surface area contributed by atoms with Crippen LogP contribution in [-0.2, 0) is 0 Å². The van der Waals surface area contributed by atoms with Crippen LogP contribution in [0.25, 0.3) is 11.4 Å². The van der Waals surface area contributed by atoms with Gasteiger partial charge in [-0.2, -0.15) is 14.9 Å². The van der Waals surface area contributed by atoms with E-state index in [1.54, 1.807) is 18.0 Å². The van der Waals surface area contributed by atoms with Gasteiger partial charge in [-0.15, -0.1) is 0 Å². The van der Waals surface area contributed by atoms with Crippen LogP contribution in [0.3, 0.4) is 0 Å². The second-order valence-electron chi connectivity index (χ2n) is 6.19. The minimum Gasteiger partial charge on any atom is -0.493 e. The molecule has 0 spiro atoms. The molecule has 0 saturated carbocycles. The van der Waals surface area contributed by atoms with Crippen LogP contribution in [0.15, 0.2) is 47.6 Å². The van der Waals surface area contributed by atoms with Gasteiger partial charge in [-0.05, 0) is 67.2 Å². The van der Waals surface area contributed by atoms with Crippen molar-refractivity contribution < 1.29 is 9.47 Å². The molecule has 0 unspecified atom stereocenters. The van der Waals surface area contributed by atoms with E-state index in [-0.39, 0.29) is 0 Å². The Labute approximate surface area is 169 Å². The van der Waals surface area contributed by atoms with E-state index in [2.05, 4.69) is 15.3 Å². The van der Waals surface area contributed by atoms with Gasteiger partial charge in [0.15, 0.2) is 17.3 Å². The van der Waals surface area contributed by atoms with Crippen LogP contribution >= 0.6 is 12.2 Å². The van der Waals surface area contributed by atoms with Gasteiger partial charge >= 0.3 is 0 Å². The van der Waals surface area contributed by atoms with Crippen molar-refractivity contribution in [3.63, 3.8) is 0 Å². The molecule has 1 aromatic heterocycles. The highest BCUT2D eigenvalue weighted by Crippen LogP contribution is 2.27. The zero-order valence-corrected chi connectivity index (χ0v) is 17.2. The molecule has 7 nitrogen and oxygen atoms in total. The lowest BCUT2D eigenvalue weighted by atomic mass is 10.2. The maximum Gasteiger partial charge on any atom is 0.216 e. The zero-order chi connectivity index (χ0) is 20.1. The molecule has 1 heterocycles. The Morgan fingerprint density at radius 2 is 1.93 bits per heavy atom. The summed E-state index contributed by atoms with van der Waals surface area (Å²) in [7, 11) is 5.61. The van der Waals surface area contributed by atoms with Crippen LogP contribution in [0, 0.1) is 4.77 Å². The van der Waals surface area contributed by atoms with Crippen LogP contribution in [0.5, 0.6) is 11.5 Å². The number of H-pyrrole nitrogens is 1. The van der Waals surface area contributed by atoms with Crippen molar-refractivity contribution in [2.24, 2.45) is 5.10 Å². The van der Waals surface area contributed by atoms with E-state index in [1.165, 1.54) is 0 Å². The number of methoxy groups -OCH3 is 1. The molecule has 0 radical (unpaired) electrons. The molecule has 0 aliphatic rings. The number of aromatic amines is 1. The van der Waals surface area contributed by atoms with Crippen LogP contribution in [0.2, 0.25) is 0 Å². The van der Waals surface area contributed by atoms with Gasteiger partial charge in [-0.3, -0.25) is 0 Å². The van der Waals surface area contributed by atoms with Gasteiger partial charge in [0.1, 0.15) is 0 Å². The number of nitrogens with one attached hydrogen (secondary N) is 1. The fraction of sp³-hybridized carbons (Fsp3) is 0.250. The predicted octanol–water partition coefficient (Wildman–Crippen LogP) is 3.96. The maximum absolute atomic E-state index is 5.55. The molecular formula is C20H23N5O2S. The van der Waals surface area contributed by atoms with Gasteiger partial charge in [0, 0.05) is 25.3 Å². The Morgan fingerprint density at radius 1 is 1.18 bits per heavy atom. The van der Waals surface area contributed by atoms with Crippen molar-refractivity contribution in [2.75, 3.05) is 32.7 Å². The van der Waals surface area contributed by atoms with Gasteiger partial charge in [0.2, 0.25) is 4.77 Å². The first-order valence-corrected chi connectivity index (χ1v) is 9.24. The SMILES string of the molecule is CCOc1ccc(C=Nn2c(-c3ccc(N(C)C)cc3)n[nH]c2=S)cc1OC. The molecule has 3 rings (SSSR count). The van der Waals surface area contributed by atoms with E-state index in [4.69, 9.17) is 21.7 Å². The van der Waals surface area contributed by atoms with Gasteiger partial charge in [-0.1, -0.05) is 0 Å². The first-order chi connectivity index (χ1) is 13.5. The molecule has 0 atom stereocenters. The topological polar surface area (TPSA) is 67.7 Å². The van der Waals surface area contributed by atoms with Crippen LogP contribution < -0.4 is 14.4 Å². The third-order valence-electron chi connectivity index (χ3n) is 4.10. The van der Waals surface area contributed by atoms with Gasteiger partial charge in [-0.25, -0.2) is 5.10 Å². The average Bonchev–Trinajstić information content (AvgIpc) is 3.07. The molecule has 0 saturated heterocycles. The van der Waals surface area contributed by atoms with Gasteiger partial charge in [0.05, 0.1) is 19.9 Å². The first-order valence-electron chi connectivity index (χ1n) is 8.84. The molecule has 8 heteroatoms. The summed E-state index contributed by atoms with van der Waals surface area (Å²) >= 11 is 5.34. The van der Waals surface area contributed by atoms with Crippen LogP contribution in [0.1, 0.15) is 12.5 Å². The third kappa shape index (κ3) is 4.23. The molecule has 0 bridgehead atoms. The van der Waals surface area contributed by atoms with E-state index in [0.29, 0.717) is 28.7 Å². The highest BCUT2D eigenvalue weighted by Gasteiger charge is 2.09. The summed E-state index contributed by atoms with van der Waals surface area (Å²) < 4.78 is 12.9. The minimum atomic E-state index is 0.417. The van der Waals surface area contributed by atoms with Crippen molar-refractivity contribution >= 4 is 24.1 Å². The van der Waals surface area contributed by atoms with E-state index >= 15 is 0 Å². The number of nitrogens with zero attached hydrogens (tertiary/aromatic N) is 4. The maximum atomic E-state index is 5.55. The molecule has 0 fully saturated rings. The number of rotatable bonds is 7. The average molecular weight is 398 g/mol. The number of aromatic nitrogens is 3. The number of hydrogen-bond donors (Lipinski definition) is 1. The minimum absolute atomic E-state index is 0.417. The van der Waals surface area contributed by atoms with Crippen molar-refractivity contribution in [2.45, 2.75) is 6.92 Å². The molecule has 28 heavy (non-hydrogen) atoms. The Kier molecular flexibility index (Phi) is 6.10. The summed E-state index contributed by atoms with van der Waals surface area (Å²) in [6, 6.07) is 13.7. The van der Waals surface area contributed by atoms with Gasteiger partial charge < -0.3 is 14.4 Å². The lowest BCUT2D eigenvalue weighted by Crippen LogP contribution is -2.08. The number of ether oxygens (including phenoxy) is 2. The molecular weight excluding hydrogens is 374 g/mol. The highest BCUT2D eigenvalue weighted by molar-refractivity contribution is 7.71. The molecule has 146 valence electrons. The van der Waals surface area contributed by atoms with Crippen LogP contribution in [-0.4, -0.2) is 48.9 Å². The summed E-state index contributed by atoms with van der Waals surface area (Å²) in [5.74, 6) is 1.99. The summed E-state index contributed by atoms with van der Waals surface area (Å²) in [5.41, 5.74) is 2.88. The normalized spacial score (nSPS) is 11.0.